The van der Waals surface area contributed by atoms with Gasteiger partial charge in [-0.25, -0.2) is 0 Å². The first-order valence-corrected chi connectivity index (χ1v) is 11.6. The molecule has 6 heteroatoms. The largest absolute Gasteiger partial charge is 0.497 e. The number of rotatable bonds is 11. The van der Waals surface area contributed by atoms with Gasteiger partial charge in [0, 0.05) is 13.1 Å². The van der Waals surface area contributed by atoms with Crippen molar-refractivity contribution in [1.82, 2.24) is 15.5 Å². The third kappa shape index (κ3) is 7.62. The summed E-state index contributed by atoms with van der Waals surface area (Å²) < 4.78 is 5.31. The Hall–Kier alpha value is -1.40. The molecule has 0 saturated carbocycles. The molecule has 0 aliphatic carbocycles. The Morgan fingerprint density at radius 3 is 2.56 bits per heavy atom. The van der Waals surface area contributed by atoms with Gasteiger partial charge in [0.2, 0.25) is 0 Å². The van der Waals surface area contributed by atoms with Crippen molar-refractivity contribution in [2.75, 3.05) is 51.8 Å². The number of methoxy groups -OCH3 is 1. The summed E-state index contributed by atoms with van der Waals surface area (Å²) in [6.07, 6.45) is 7.15. The SMILES string of the molecule is CCNC(=NCC(c1ccc(OC)cc1)N1CCCC1)NCCCCSC. The predicted molar refractivity (Wildman–Crippen MR) is 118 cm³/mol. The van der Waals surface area contributed by atoms with Crippen LogP contribution in [0.25, 0.3) is 0 Å². The first-order chi connectivity index (χ1) is 13.3. The van der Waals surface area contributed by atoms with Crippen molar-refractivity contribution in [3.05, 3.63) is 29.8 Å². The van der Waals surface area contributed by atoms with Crippen molar-refractivity contribution in [2.45, 2.75) is 38.6 Å². The number of unbranched alkanes of at least 4 members (excludes halogenated alkanes) is 1. The third-order valence-electron chi connectivity index (χ3n) is 4.92. The van der Waals surface area contributed by atoms with Gasteiger partial charge in [0.25, 0.3) is 0 Å². The molecule has 1 atom stereocenters. The normalized spacial score (nSPS) is 16.3. The minimum atomic E-state index is 0.324. The van der Waals surface area contributed by atoms with Crippen molar-refractivity contribution >= 4 is 17.7 Å². The molecule has 0 aromatic heterocycles. The summed E-state index contributed by atoms with van der Waals surface area (Å²) >= 11 is 1.91. The summed E-state index contributed by atoms with van der Waals surface area (Å²) in [5.74, 6) is 3.06. The molecule has 5 nitrogen and oxygen atoms in total. The number of ether oxygens (including phenoxy) is 1. The highest BCUT2D eigenvalue weighted by atomic mass is 32.2. The first-order valence-electron chi connectivity index (χ1n) is 10.2. The fraction of sp³-hybridized carbons (Fsp3) is 0.667. The van der Waals surface area contributed by atoms with Crippen LogP contribution in [0.1, 0.15) is 44.2 Å². The Balaban J connectivity index is 2.01. The maximum Gasteiger partial charge on any atom is 0.191 e. The standard InChI is InChI=1S/C21H36N4OS/c1-4-22-21(23-13-5-8-16-27-3)24-17-20(25-14-6-7-15-25)18-9-11-19(26-2)12-10-18/h9-12,20H,4-8,13-17H2,1-3H3,(H2,22,23,24). The summed E-state index contributed by atoms with van der Waals surface area (Å²) in [7, 11) is 1.71. The highest BCUT2D eigenvalue weighted by Crippen LogP contribution is 2.27. The van der Waals surface area contributed by atoms with Crippen LogP contribution in [0.4, 0.5) is 0 Å². The lowest BCUT2D eigenvalue weighted by molar-refractivity contribution is 0.251. The van der Waals surface area contributed by atoms with E-state index in [0.29, 0.717) is 6.04 Å². The molecule has 0 bridgehead atoms. The fourth-order valence-electron chi connectivity index (χ4n) is 3.41. The van der Waals surface area contributed by atoms with E-state index < -0.39 is 0 Å². The van der Waals surface area contributed by atoms with Gasteiger partial charge >= 0.3 is 0 Å². The summed E-state index contributed by atoms with van der Waals surface area (Å²) in [5.41, 5.74) is 1.32. The second-order valence-corrected chi connectivity index (χ2v) is 7.86. The molecule has 1 aromatic carbocycles. The molecule has 0 amide bonds. The maximum atomic E-state index is 5.31. The molecule has 1 heterocycles. The smallest absolute Gasteiger partial charge is 0.191 e. The monoisotopic (exact) mass is 392 g/mol. The molecule has 27 heavy (non-hydrogen) atoms. The molecular weight excluding hydrogens is 356 g/mol. The van der Waals surface area contributed by atoms with Gasteiger partial charge in [-0.15, -0.1) is 0 Å². The molecule has 1 aromatic rings. The number of guanidine groups is 1. The topological polar surface area (TPSA) is 48.9 Å². The number of hydrogen-bond acceptors (Lipinski definition) is 4. The van der Waals surface area contributed by atoms with Crippen LogP contribution in [-0.2, 0) is 0 Å². The van der Waals surface area contributed by atoms with Gasteiger partial charge in [-0.05, 0) is 75.4 Å². The Labute approximate surface area is 169 Å². The van der Waals surface area contributed by atoms with Crippen molar-refractivity contribution in [1.29, 1.82) is 0 Å². The van der Waals surface area contributed by atoms with Gasteiger partial charge in [0.15, 0.2) is 5.96 Å². The van der Waals surface area contributed by atoms with Crippen molar-refractivity contribution in [3.8, 4) is 5.75 Å². The van der Waals surface area contributed by atoms with E-state index in [2.05, 4.69) is 53.0 Å². The molecular formula is C21H36N4OS. The zero-order valence-corrected chi connectivity index (χ0v) is 18.0. The molecule has 2 rings (SSSR count). The van der Waals surface area contributed by atoms with Gasteiger partial charge in [-0.2, -0.15) is 11.8 Å². The van der Waals surface area contributed by atoms with Crippen molar-refractivity contribution in [2.24, 2.45) is 4.99 Å². The lowest BCUT2D eigenvalue weighted by Gasteiger charge is -2.27. The summed E-state index contributed by atoms with van der Waals surface area (Å²) in [4.78, 5) is 7.47. The molecule has 1 unspecified atom stereocenters. The number of thioether (sulfide) groups is 1. The number of aliphatic imine (C=N–C) groups is 1. The number of benzene rings is 1. The van der Waals surface area contributed by atoms with Crippen LogP contribution < -0.4 is 15.4 Å². The predicted octanol–water partition coefficient (Wildman–Crippen LogP) is 3.53. The van der Waals surface area contributed by atoms with Crippen LogP contribution in [-0.4, -0.2) is 62.7 Å². The number of nitrogens with one attached hydrogen (secondary N) is 2. The van der Waals surface area contributed by atoms with Gasteiger partial charge in [-0.3, -0.25) is 9.89 Å². The average molecular weight is 393 g/mol. The van der Waals surface area contributed by atoms with E-state index >= 15 is 0 Å². The second-order valence-electron chi connectivity index (χ2n) is 6.88. The van der Waals surface area contributed by atoms with Gasteiger partial charge < -0.3 is 15.4 Å². The van der Waals surface area contributed by atoms with E-state index in [1.165, 1.54) is 37.0 Å². The Morgan fingerprint density at radius 2 is 1.93 bits per heavy atom. The highest BCUT2D eigenvalue weighted by molar-refractivity contribution is 7.98. The Morgan fingerprint density at radius 1 is 1.19 bits per heavy atom. The van der Waals surface area contributed by atoms with E-state index in [0.717, 1.165) is 44.4 Å². The van der Waals surface area contributed by atoms with Gasteiger partial charge in [-0.1, -0.05) is 12.1 Å². The Bertz CT molecular complexity index is 544. The third-order valence-corrected chi connectivity index (χ3v) is 5.61. The van der Waals surface area contributed by atoms with Crippen LogP contribution in [0.2, 0.25) is 0 Å². The van der Waals surface area contributed by atoms with Gasteiger partial charge in [0.05, 0.1) is 19.7 Å². The van der Waals surface area contributed by atoms with Crippen LogP contribution in [0.15, 0.2) is 29.3 Å². The maximum absolute atomic E-state index is 5.31. The number of likely N-dealkylation sites (tertiary alicyclic amines) is 1. The quantitative estimate of drug-likeness (QED) is 0.343. The lowest BCUT2D eigenvalue weighted by Crippen LogP contribution is -2.39. The molecule has 0 radical (unpaired) electrons. The van der Waals surface area contributed by atoms with Crippen LogP contribution in [0, 0.1) is 0 Å². The van der Waals surface area contributed by atoms with E-state index in [9.17, 15) is 0 Å². The van der Waals surface area contributed by atoms with Crippen LogP contribution in [0.3, 0.4) is 0 Å². The Kier molecular flexibility index (Phi) is 10.5. The van der Waals surface area contributed by atoms with Crippen molar-refractivity contribution < 1.29 is 4.74 Å². The van der Waals surface area contributed by atoms with Crippen LogP contribution in [0.5, 0.6) is 5.75 Å². The number of hydrogen-bond donors (Lipinski definition) is 2. The summed E-state index contributed by atoms with van der Waals surface area (Å²) in [6.45, 7) is 7.06. The zero-order valence-electron chi connectivity index (χ0n) is 17.2. The van der Waals surface area contributed by atoms with E-state index in [1.54, 1.807) is 7.11 Å². The summed E-state index contributed by atoms with van der Waals surface area (Å²) in [5, 5.41) is 6.87. The highest BCUT2D eigenvalue weighted by Gasteiger charge is 2.23. The summed E-state index contributed by atoms with van der Waals surface area (Å²) in [6, 6.07) is 8.79. The van der Waals surface area contributed by atoms with E-state index in [4.69, 9.17) is 9.73 Å². The minimum Gasteiger partial charge on any atom is -0.497 e. The lowest BCUT2D eigenvalue weighted by atomic mass is 10.1. The van der Waals surface area contributed by atoms with E-state index in [1.807, 2.05) is 11.8 Å². The molecule has 1 aliphatic heterocycles. The molecule has 152 valence electrons. The molecule has 2 N–H and O–H groups in total. The molecule has 1 aliphatic rings. The van der Waals surface area contributed by atoms with E-state index in [-0.39, 0.29) is 0 Å². The zero-order chi connectivity index (χ0) is 19.3. The molecule has 1 fully saturated rings. The first kappa shape index (κ1) is 21.9. The van der Waals surface area contributed by atoms with Crippen molar-refractivity contribution in [3.63, 3.8) is 0 Å². The fourth-order valence-corrected chi connectivity index (χ4v) is 3.90. The average Bonchev–Trinajstić information content (AvgIpc) is 3.23. The molecule has 0 spiro atoms. The second kappa shape index (κ2) is 12.9. The minimum absolute atomic E-state index is 0.324. The molecule has 1 saturated heterocycles. The van der Waals surface area contributed by atoms with Crippen LogP contribution >= 0.6 is 11.8 Å². The van der Waals surface area contributed by atoms with Gasteiger partial charge in [0.1, 0.15) is 5.75 Å². The number of nitrogens with zero attached hydrogens (tertiary/aromatic N) is 2.